The second-order valence-electron chi connectivity index (χ2n) is 4.61. The Morgan fingerprint density at radius 1 is 0.955 bits per heavy atom. The monoisotopic (exact) mass is 292 g/mol. The Bertz CT molecular complexity index is 1070. The summed E-state index contributed by atoms with van der Waals surface area (Å²) in [6.07, 6.45) is 2.37. The fourth-order valence-corrected chi connectivity index (χ4v) is 2.44. The van der Waals surface area contributed by atoms with Gasteiger partial charge in [-0.25, -0.2) is 9.97 Å². The molecule has 0 saturated heterocycles. The summed E-state index contributed by atoms with van der Waals surface area (Å²) >= 11 is 0. The van der Waals surface area contributed by atoms with Crippen molar-refractivity contribution >= 4 is 11.1 Å². The molecule has 0 saturated carbocycles. The van der Waals surface area contributed by atoms with E-state index in [4.69, 9.17) is 4.42 Å². The molecule has 2 aliphatic heterocycles. The fourth-order valence-electron chi connectivity index (χ4n) is 2.44. The number of rotatable bonds is 1. The number of nitrogens with zero attached hydrogens (tertiary/aromatic N) is 3. The second-order valence-corrected chi connectivity index (χ2v) is 4.61. The van der Waals surface area contributed by atoms with Crippen LogP contribution >= 0.6 is 0 Å². The van der Waals surface area contributed by atoms with E-state index in [2.05, 4.69) is 19.9 Å². The van der Waals surface area contributed by atoms with Gasteiger partial charge in [-0.05, 0) is 5.56 Å². The lowest BCUT2D eigenvalue weighted by Gasteiger charge is -2.11. The third kappa shape index (κ3) is 1.72. The first-order valence-electron chi connectivity index (χ1n) is 6.46. The molecule has 0 bridgehead atoms. The van der Waals surface area contributed by atoms with Gasteiger partial charge in [-0.2, -0.15) is 4.98 Å². The van der Waals surface area contributed by atoms with Gasteiger partial charge < -0.3 is 9.40 Å². The highest BCUT2D eigenvalue weighted by molar-refractivity contribution is 5.99. The first-order valence-corrected chi connectivity index (χ1v) is 6.46. The first-order chi connectivity index (χ1) is 10.8. The highest BCUT2D eigenvalue weighted by Gasteiger charge is 2.23. The van der Waals surface area contributed by atoms with Crippen LogP contribution in [0.2, 0.25) is 0 Å². The van der Waals surface area contributed by atoms with Gasteiger partial charge in [-0.3, -0.25) is 9.59 Å². The van der Waals surface area contributed by atoms with Crippen LogP contribution in [0.1, 0.15) is 0 Å². The van der Waals surface area contributed by atoms with Crippen LogP contribution in [-0.2, 0) is 0 Å². The molecule has 0 aliphatic carbocycles. The Balaban J connectivity index is 2.33. The van der Waals surface area contributed by atoms with Gasteiger partial charge in [0.1, 0.15) is 17.3 Å². The lowest BCUT2D eigenvalue weighted by Crippen LogP contribution is -2.16. The topological polar surface area (TPSA) is 102 Å². The molecule has 7 nitrogen and oxygen atoms in total. The third-order valence-corrected chi connectivity index (χ3v) is 3.35. The van der Waals surface area contributed by atoms with E-state index in [9.17, 15) is 9.59 Å². The molecule has 2 aromatic rings. The number of H-pyrrole nitrogens is 1. The van der Waals surface area contributed by atoms with Crippen LogP contribution in [-0.4, -0.2) is 19.9 Å². The molecular formula is C15H8N4O3. The summed E-state index contributed by atoms with van der Waals surface area (Å²) in [7, 11) is 0. The van der Waals surface area contributed by atoms with E-state index in [0.29, 0.717) is 11.1 Å². The lowest BCUT2D eigenvalue weighted by molar-refractivity contribution is 0.582. The molecule has 0 amide bonds. The first kappa shape index (κ1) is 12.4. The van der Waals surface area contributed by atoms with Crippen LogP contribution in [0.3, 0.4) is 0 Å². The maximum Gasteiger partial charge on any atom is 0.284 e. The van der Waals surface area contributed by atoms with Crippen LogP contribution in [0.5, 0.6) is 0 Å². The quantitative estimate of drug-likeness (QED) is 0.533. The number of hydrogen-bond acceptors (Lipinski definition) is 6. The standard InChI is InChI=1S/C15H8N4O3/c20-12-10-9(8-4-2-1-3-5-8)11-13(21)17-7-19-15(11)22-14(10)18-6-16-12/h1-7H,(H,16,18,20). The molecule has 2 aliphatic rings. The number of fused-ring (bicyclic) bond motifs is 2. The van der Waals surface area contributed by atoms with Crippen molar-refractivity contribution in [3.8, 4) is 22.6 Å². The van der Waals surface area contributed by atoms with Crippen molar-refractivity contribution in [2.24, 2.45) is 0 Å². The van der Waals surface area contributed by atoms with Crippen LogP contribution in [0.25, 0.3) is 33.7 Å². The molecule has 0 radical (unpaired) electrons. The Kier molecular flexibility index (Phi) is 2.59. The number of aromatic amines is 1. The zero-order valence-corrected chi connectivity index (χ0v) is 11.1. The largest absolute Gasteiger partial charge is 0.419 e. The number of nitrogens with one attached hydrogen (secondary N) is 1. The van der Waals surface area contributed by atoms with E-state index < -0.39 is 11.1 Å². The molecule has 1 aromatic carbocycles. The van der Waals surface area contributed by atoms with E-state index in [0.717, 1.165) is 6.33 Å². The van der Waals surface area contributed by atoms with Crippen LogP contribution < -0.4 is 11.1 Å². The molecule has 3 heterocycles. The van der Waals surface area contributed by atoms with Crippen molar-refractivity contribution in [2.75, 3.05) is 0 Å². The zero-order valence-electron chi connectivity index (χ0n) is 11.1. The normalized spacial score (nSPS) is 11.1. The summed E-state index contributed by atoms with van der Waals surface area (Å²) in [5.74, 6) is 0.101. The Morgan fingerprint density at radius 2 is 1.77 bits per heavy atom. The van der Waals surface area contributed by atoms with E-state index in [1.807, 2.05) is 18.2 Å². The van der Waals surface area contributed by atoms with Gasteiger partial charge in [0.2, 0.25) is 11.6 Å². The van der Waals surface area contributed by atoms with Crippen molar-refractivity contribution < 1.29 is 4.42 Å². The summed E-state index contributed by atoms with van der Waals surface area (Å²) in [5, 5.41) is 0.202. The van der Waals surface area contributed by atoms with E-state index in [1.165, 1.54) is 6.33 Å². The molecule has 22 heavy (non-hydrogen) atoms. The number of benzene rings is 1. The fraction of sp³-hybridized carbons (Fsp3) is 0. The van der Waals surface area contributed by atoms with Gasteiger partial charge in [0.05, 0.1) is 6.33 Å². The molecular weight excluding hydrogens is 284 g/mol. The summed E-state index contributed by atoms with van der Waals surface area (Å²) in [6, 6.07) is 9.07. The third-order valence-electron chi connectivity index (χ3n) is 3.35. The molecule has 0 spiro atoms. The molecule has 0 unspecified atom stereocenters. The zero-order chi connectivity index (χ0) is 15.1. The second kappa shape index (κ2) is 4.59. The van der Waals surface area contributed by atoms with E-state index >= 15 is 0 Å². The van der Waals surface area contributed by atoms with Crippen molar-refractivity contribution in [2.45, 2.75) is 0 Å². The summed E-state index contributed by atoms with van der Waals surface area (Å²) in [5.41, 5.74) is 0.513. The van der Waals surface area contributed by atoms with Gasteiger partial charge in [0.25, 0.3) is 11.1 Å². The maximum absolute atomic E-state index is 12.2. The molecule has 0 fully saturated rings. The van der Waals surface area contributed by atoms with Gasteiger partial charge in [-0.1, -0.05) is 30.3 Å². The minimum atomic E-state index is -0.502. The van der Waals surface area contributed by atoms with Crippen LogP contribution in [0, 0.1) is 0 Å². The predicted molar refractivity (Wildman–Crippen MR) is 78.5 cm³/mol. The van der Waals surface area contributed by atoms with Gasteiger partial charge in [0, 0.05) is 5.56 Å². The Labute approximate surface area is 122 Å². The molecule has 7 heteroatoms. The molecule has 1 N–H and O–H groups in total. The van der Waals surface area contributed by atoms with Gasteiger partial charge in [0.15, 0.2) is 0 Å². The van der Waals surface area contributed by atoms with E-state index in [1.54, 1.807) is 12.1 Å². The van der Waals surface area contributed by atoms with Crippen molar-refractivity contribution in [1.82, 2.24) is 19.9 Å². The highest BCUT2D eigenvalue weighted by atomic mass is 16.4. The average Bonchev–Trinajstić information content (AvgIpc) is 2.54. The lowest BCUT2D eigenvalue weighted by atomic mass is 9.98. The Hall–Kier alpha value is -3.35. The van der Waals surface area contributed by atoms with Crippen molar-refractivity contribution in [1.29, 1.82) is 0 Å². The van der Waals surface area contributed by atoms with Gasteiger partial charge in [-0.15, -0.1) is 0 Å². The van der Waals surface area contributed by atoms with Crippen LogP contribution in [0.4, 0.5) is 0 Å². The van der Waals surface area contributed by atoms with Crippen molar-refractivity contribution in [3.63, 3.8) is 0 Å². The molecule has 1 aromatic heterocycles. The van der Waals surface area contributed by atoms with Crippen LogP contribution in [0.15, 0.2) is 57.0 Å². The SMILES string of the molecule is O=c1ncnc2oc3nc[nH]c(=O)c3c(-c3ccccc3)c1-2. The number of hydrogen-bond donors (Lipinski definition) is 1. The van der Waals surface area contributed by atoms with E-state index in [-0.39, 0.29) is 22.6 Å². The minimum Gasteiger partial charge on any atom is -0.419 e. The minimum absolute atomic E-state index is 0.101. The molecule has 0 atom stereocenters. The maximum atomic E-state index is 12.2. The highest BCUT2D eigenvalue weighted by Crippen LogP contribution is 2.34. The smallest absolute Gasteiger partial charge is 0.284 e. The van der Waals surface area contributed by atoms with Crippen molar-refractivity contribution in [3.05, 3.63) is 63.7 Å². The van der Waals surface area contributed by atoms with Gasteiger partial charge >= 0.3 is 0 Å². The Morgan fingerprint density at radius 3 is 2.59 bits per heavy atom. The molecule has 4 rings (SSSR count). The molecule has 106 valence electrons. The summed E-state index contributed by atoms with van der Waals surface area (Å²) in [4.78, 5) is 38.6. The number of aromatic nitrogens is 4. The predicted octanol–water partition coefficient (Wildman–Crippen LogP) is 1.44. The average molecular weight is 292 g/mol. The summed E-state index contributed by atoms with van der Waals surface area (Å²) in [6.45, 7) is 0. The summed E-state index contributed by atoms with van der Waals surface area (Å²) < 4.78 is 5.49.